The fourth-order valence-electron chi connectivity index (χ4n) is 3.80. The van der Waals surface area contributed by atoms with Crippen LogP contribution in [0.25, 0.3) is 27.6 Å². The molecule has 5 aromatic rings. The van der Waals surface area contributed by atoms with Gasteiger partial charge < -0.3 is 10.1 Å². The lowest BCUT2D eigenvalue weighted by atomic mass is 10.2. The van der Waals surface area contributed by atoms with Crippen LogP contribution < -0.4 is 10.1 Å². The van der Waals surface area contributed by atoms with Crippen LogP contribution >= 0.6 is 11.8 Å². The second kappa shape index (κ2) is 8.51. The van der Waals surface area contributed by atoms with Crippen molar-refractivity contribution in [3.8, 4) is 5.75 Å². The molecule has 0 fully saturated rings. The molecule has 32 heavy (non-hydrogen) atoms. The van der Waals surface area contributed by atoms with E-state index in [2.05, 4.69) is 9.72 Å². The number of fused-ring (bicyclic) bond motifs is 5. The van der Waals surface area contributed by atoms with Crippen LogP contribution in [0.15, 0.2) is 78.0 Å². The summed E-state index contributed by atoms with van der Waals surface area (Å²) in [6, 6.07) is 23.4. The van der Waals surface area contributed by atoms with Crippen molar-refractivity contribution >= 4 is 50.9 Å². The summed E-state index contributed by atoms with van der Waals surface area (Å²) in [5.41, 5.74) is 4.24. The molecule has 2 heterocycles. The van der Waals surface area contributed by atoms with Crippen LogP contribution in [-0.2, 0) is 4.79 Å². The highest BCUT2D eigenvalue weighted by Crippen LogP contribution is 2.33. The Morgan fingerprint density at radius 1 is 1.00 bits per heavy atom. The first-order valence-corrected chi connectivity index (χ1v) is 11.3. The topological polar surface area (TPSA) is 68.5 Å². The number of hydrogen-bond donors (Lipinski definition) is 1. The number of carbonyl (C=O) groups is 1. The summed E-state index contributed by atoms with van der Waals surface area (Å²) in [7, 11) is 1.59. The standard InChI is InChI=1S/C25H22N4O2S/c1-3-22(24(30)27-19-13-7-9-15-21(19)31-2)32-25-28-17-11-5-4-10-16(17)23-26-18-12-6-8-14-20(18)29(23)25/h4-15,22H,3H2,1-2H3,(H,27,30)/t22-/m1/s1. The summed E-state index contributed by atoms with van der Waals surface area (Å²) in [6.07, 6.45) is 0.647. The van der Waals surface area contributed by atoms with Gasteiger partial charge in [-0.15, -0.1) is 0 Å². The minimum Gasteiger partial charge on any atom is -0.495 e. The molecule has 1 amide bonds. The van der Waals surface area contributed by atoms with Gasteiger partial charge in [-0.1, -0.05) is 55.1 Å². The van der Waals surface area contributed by atoms with Crippen molar-refractivity contribution in [1.29, 1.82) is 0 Å². The molecule has 0 saturated carbocycles. The third kappa shape index (κ3) is 3.54. The Balaban J connectivity index is 1.58. The second-order valence-electron chi connectivity index (χ2n) is 7.38. The zero-order valence-electron chi connectivity index (χ0n) is 17.8. The lowest BCUT2D eigenvalue weighted by Gasteiger charge is -2.17. The molecule has 0 aliphatic carbocycles. The first kappa shape index (κ1) is 20.3. The predicted octanol–water partition coefficient (Wildman–Crippen LogP) is 5.55. The van der Waals surface area contributed by atoms with Gasteiger partial charge in [-0.05, 0) is 42.8 Å². The summed E-state index contributed by atoms with van der Waals surface area (Å²) < 4.78 is 7.43. The van der Waals surface area contributed by atoms with Gasteiger partial charge in [-0.2, -0.15) is 0 Å². The van der Waals surface area contributed by atoms with Gasteiger partial charge in [0.05, 0.1) is 34.6 Å². The van der Waals surface area contributed by atoms with Crippen molar-refractivity contribution in [2.24, 2.45) is 0 Å². The number of methoxy groups -OCH3 is 1. The van der Waals surface area contributed by atoms with Crippen LogP contribution in [0.1, 0.15) is 13.3 Å². The molecule has 0 bridgehead atoms. The molecular formula is C25H22N4O2S. The number of anilines is 1. The summed E-state index contributed by atoms with van der Waals surface area (Å²) >= 11 is 1.45. The highest BCUT2D eigenvalue weighted by atomic mass is 32.2. The average molecular weight is 443 g/mol. The molecule has 0 spiro atoms. The Labute approximate surface area is 189 Å². The maximum absolute atomic E-state index is 13.2. The van der Waals surface area contributed by atoms with Crippen LogP contribution in [0, 0.1) is 0 Å². The largest absolute Gasteiger partial charge is 0.495 e. The minimum atomic E-state index is -0.335. The Hall–Kier alpha value is -3.58. The quantitative estimate of drug-likeness (QED) is 0.276. The summed E-state index contributed by atoms with van der Waals surface area (Å²) in [6.45, 7) is 2.00. The van der Waals surface area contributed by atoms with Gasteiger partial charge in [0.15, 0.2) is 5.16 Å². The fourth-order valence-corrected chi connectivity index (χ4v) is 4.83. The fraction of sp³-hybridized carbons (Fsp3) is 0.160. The average Bonchev–Trinajstić information content (AvgIpc) is 3.23. The normalized spacial score (nSPS) is 12.3. The van der Waals surface area contributed by atoms with E-state index in [1.807, 2.05) is 79.7 Å². The molecule has 6 nitrogen and oxygen atoms in total. The Morgan fingerprint density at radius 3 is 2.53 bits per heavy atom. The van der Waals surface area contributed by atoms with Crippen LogP contribution in [0.5, 0.6) is 5.75 Å². The van der Waals surface area contributed by atoms with Crippen LogP contribution in [0.4, 0.5) is 5.69 Å². The molecule has 0 unspecified atom stereocenters. The van der Waals surface area contributed by atoms with E-state index < -0.39 is 0 Å². The third-order valence-corrected chi connectivity index (χ3v) is 6.71. The van der Waals surface area contributed by atoms with E-state index in [0.29, 0.717) is 17.9 Å². The maximum atomic E-state index is 13.2. The molecule has 0 aliphatic rings. The number of nitrogens with zero attached hydrogens (tertiary/aromatic N) is 3. The van der Waals surface area contributed by atoms with E-state index in [-0.39, 0.29) is 11.2 Å². The number of imidazole rings is 1. The molecular weight excluding hydrogens is 420 g/mol. The molecule has 1 atom stereocenters. The number of carbonyl (C=O) groups excluding carboxylic acids is 1. The van der Waals surface area contributed by atoms with Crippen molar-refractivity contribution in [2.75, 3.05) is 12.4 Å². The number of hydrogen-bond acceptors (Lipinski definition) is 5. The predicted molar refractivity (Wildman–Crippen MR) is 130 cm³/mol. The van der Waals surface area contributed by atoms with E-state index in [0.717, 1.165) is 32.7 Å². The van der Waals surface area contributed by atoms with Gasteiger partial charge in [-0.25, -0.2) is 9.97 Å². The van der Waals surface area contributed by atoms with Gasteiger partial charge in [0.25, 0.3) is 0 Å². The van der Waals surface area contributed by atoms with E-state index in [4.69, 9.17) is 14.7 Å². The Morgan fingerprint density at radius 2 is 1.72 bits per heavy atom. The highest BCUT2D eigenvalue weighted by Gasteiger charge is 2.23. The lowest BCUT2D eigenvalue weighted by molar-refractivity contribution is -0.115. The monoisotopic (exact) mass is 442 g/mol. The van der Waals surface area contributed by atoms with Crippen molar-refractivity contribution in [3.05, 3.63) is 72.8 Å². The van der Waals surface area contributed by atoms with Crippen LogP contribution in [0.3, 0.4) is 0 Å². The van der Waals surface area contributed by atoms with Gasteiger partial charge >= 0.3 is 0 Å². The molecule has 0 radical (unpaired) electrons. The van der Waals surface area contributed by atoms with Crippen molar-refractivity contribution in [1.82, 2.24) is 14.4 Å². The van der Waals surface area contributed by atoms with E-state index in [1.54, 1.807) is 7.11 Å². The summed E-state index contributed by atoms with van der Waals surface area (Å²) in [5, 5.41) is 4.41. The van der Waals surface area contributed by atoms with E-state index in [1.165, 1.54) is 11.8 Å². The van der Waals surface area contributed by atoms with Gasteiger partial charge in [-0.3, -0.25) is 9.20 Å². The third-order valence-electron chi connectivity index (χ3n) is 5.39. The highest BCUT2D eigenvalue weighted by molar-refractivity contribution is 8.00. The number of rotatable bonds is 6. The van der Waals surface area contributed by atoms with Crippen LogP contribution in [-0.4, -0.2) is 32.6 Å². The number of thioether (sulfide) groups is 1. The van der Waals surface area contributed by atoms with E-state index >= 15 is 0 Å². The molecule has 5 rings (SSSR count). The Bertz CT molecular complexity index is 1450. The van der Waals surface area contributed by atoms with Crippen molar-refractivity contribution < 1.29 is 9.53 Å². The minimum absolute atomic E-state index is 0.0884. The number of para-hydroxylation sites is 5. The molecule has 2 aromatic heterocycles. The van der Waals surface area contributed by atoms with Crippen LogP contribution in [0.2, 0.25) is 0 Å². The molecule has 0 aliphatic heterocycles. The smallest absolute Gasteiger partial charge is 0.238 e. The lowest BCUT2D eigenvalue weighted by Crippen LogP contribution is -2.25. The maximum Gasteiger partial charge on any atom is 0.238 e. The number of nitrogens with one attached hydrogen (secondary N) is 1. The molecule has 1 N–H and O–H groups in total. The summed E-state index contributed by atoms with van der Waals surface area (Å²) in [5.74, 6) is 0.544. The number of benzene rings is 3. The Kier molecular flexibility index (Phi) is 5.41. The first-order valence-electron chi connectivity index (χ1n) is 10.5. The van der Waals surface area contributed by atoms with Gasteiger partial charge in [0, 0.05) is 5.39 Å². The van der Waals surface area contributed by atoms with Gasteiger partial charge in [0.2, 0.25) is 5.91 Å². The SMILES string of the molecule is CC[C@@H](Sc1nc2ccccc2c2nc3ccccc3n12)C(=O)Nc1ccccc1OC. The number of ether oxygens (including phenoxy) is 1. The second-order valence-corrected chi connectivity index (χ2v) is 8.55. The zero-order chi connectivity index (χ0) is 22.1. The molecule has 0 saturated heterocycles. The first-order chi connectivity index (χ1) is 15.7. The van der Waals surface area contributed by atoms with Crippen molar-refractivity contribution in [3.63, 3.8) is 0 Å². The number of aromatic nitrogens is 3. The van der Waals surface area contributed by atoms with E-state index in [9.17, 15) is 4.79 Å². The molecule has 160 valence electrons. The van der Waals surface area contributed by atoms with Crippen molar-refractivity contribution in [2.45, 2.75) is 23.8 Å². The molecule has 7 heteroatoms. The summed E-state index contributed by atoms with van der Waals surface area (Å²) in [4.78, 5) is 23.0. The number of amides is 1. The van der Waals surface area contributed by atoms with Gasteiger partial charge in [0.1, 0.15) is 11.4 Å². The molecule has 3 aromatic carbocycles. The zero-order valence-corrected chi connectivity index (χ0v) is 18.6.